The first-order valence-electron chi connectivity index (χ1n) is 10.3. The second kappa shape index (κ2) is 9.02. The van der Waals surface area contributed by atoms with Crippen molar-refractivity contribution in [2.75, 3.05) is 38.7 Å². The van der Waals surface area contributed by atoms with Crippen molar-refractivity contribution in [2.24, 2.45) is 0 Å². The lowest BCUT2D eigenvalue weighted by atomic mass is 9.99. The molecule has 6 heteroatoms. The standard InChI is InChI=1S/C24H26N4O2/c1-30-16-24(29)28-9-6-21(7-10-28)27-23-13-20(12-19-5-8-26-15-22(19)23)18-4-2-3-17(11-18)14-25/h2-5,11-13,15,21,26-27H,6-10,16H2,1H3. The number of carbonyl (C=O) groups excluding carboxylic acids is 1. The number of nitriles is 1. The number of anilines is 1. The summed E-state index contributed by atoms with van der Waals surface area (Å²) in [5.74, 6) is 0.0554. The maximum absolute atomic E-state index is 12.0. The van der Waals surface area contributed by atoms with E-state index in [2.05, 4.69) is 41.1 Å². The van der Waals surface area contributed by atoms with Crippen LogP contribution >= 0.6 is 0 Å². The number of piperidine rings is 1. The SMILES string of the molecule is COCC(=O)N1CCC(Nc2cc(-c3cccc(C#N)c3)cc3c2=CNCC=3)CC1. The number of amides is 1. The molecule has 0 saturated carbocycles. The van der Waals surface area contributed by atoms with Gasteiger partial charge in [-0.25, -0.2) is 0 Å². The molecule has 2 heterocycles. The van der Waals surface area contributed by atoms with Gasteiger partial charge in [-0.2, -0.15) is 5.26 Å². The second-order valence-electron chi connectivity index (χ2n) is 7.71. The van der Waals surface area contributed by atoms with Crippen LogP contribution < -0.4 is 21.1 Å². The third-order valence-corrected chi connectivity index (χ3v) is 5.70. The monoisotopic (exact) mass is 402 g/mol. The molecule has 0 bridgehead atoms. The van der Waals surface area contributed by atoms with Crippen molar-refractivity contribution in [3.05, 3.63) is 52.4 Å². The summed E-state index contributed by atoms with van der Waals surface area (Å²) in [6.07, 6.45) is 6.04. The van der Waals surface area contributed by atoms with E-state index in [4.69, 9.17) is 4.74 Å². The van der Waals surface area contributed by atoms with E-state index in [1.54, 1.807) is 7.11 Å². The Morgan fingerprint density at radius 1 is 1.27 bits per heavy atom. The topological polar surface area (TPSA) is 77.4 Å². The number of hydrogen-bond acceptors (Lipinski definition) is 5. The van der Waals surface area contributed by atoms with Crippen LogP contribution in [-0.4, -0.2) is 50.2 Å². The highest BCUT2D eigenvalue weighted by molar-refractivity contribution is 5.77. The minimum Gasteiger partial charge on any atom is -0.387 e. The third-order valence-electron chi connectivity index (χ3n) is 5.70. The number of methoxy groups -OCH3 is 1. The smallest absolute Gasteiger partial charge is 0.248 e. The summed E-state index contributed by atoms with van der Waals surface area (Å²) in [4.78, 5) is 13.9. The molecule has 1 fully saturated rings. The van der Waals surface area contributed by atoms with Crippen molar-refractivity contribution in [3.8, 4) is 17.2 Å². The summed E-state index contributed by atoms with van der Waals surface area (Å²) in [5, 5.41) is 18.6. The Kier molecular flexibility index (Phi) is 6.01. The van der Waals surface area contributed by atoms with Crippen LogP contribution in [0.3, 0.4) is 0 Å². The van der Waals surface area contributed by atoms with Crippen LogP contribution in [0.15, 0.2) is 36.4 Å². The lowest BCUT2D eigenvalue weighted by molar-refractivity contribution is -0.136. The van der Waals surface area contributed by atoms with Crippen LogP contribution in [0.5, 0.6) is 0 Å². The lowest BCUT2D eigenvalue weighted by Crippen LogP contribution is -2.45. The van der Waals surface area contributed by atoms with Crippen molar-refractivity contribution in [1.82, 2.24) is 10.2 Å². The number of ether oxygens (including phenoxy) is 1. The molecule has 1 amide bonds. The van der Waals surface area contributed by atoms with Gasteiger partial charge in [-0.05, 0) is 53.5 Å². The minimum absolute atomic E-state index is 0.0554. The van der Waals surface area contributed by atoms with E-state index in [9.17, 15) is 10.1 Å². The lowest BCUT2D eigenvalue weighted by Gasteiger charge is -2.33. The molecule has 2 aliphatic heterocycles. The second-order valence-corrected chi connectivity index (χ2v) is 7.71. The average molecular weight is 402 g/mol. The molecule has 2 aromatic rings. The minimum atomic E-state index is 0.0554. The molecule has 0 aliphatic carbocycles. The van der Waals surface area contributed by atoms with Crippen LogP contribution in [0.4, 0.5) is 5.69 Å². The zero-order valence-electron chi connectivity index (χ0n) is 17.1. The van der Waals surface area contributed by atoms with E-state index >= 15 is 0 Å². The quantitative estimate of drug-likeness (QED) is 0.791. The summed E-state index contributed by atoms with van der Waals surface area (Å²) in [7, 11) is 1.55. The van der Waals surface area contributed by atoms with Crippen LogP contribution in [0.25, 0.3) is 23.4 Å². The summed E-state index contributed by atoms with van der Waals surface area (Å²) in [5.41, 5.74) is 3.86. The molecule has 0 aromatic heterocycles. The maximum Gasteiger partial charge on any atom is 0.248 e. The van der Waals surface area contributed by atoms with Crippen molar-refractivity contribution in [3.63, 3.8) is 0 Å². The summed E-state index contributed by atoms with van der Waals surface area (Å²) >= 11 is 0. The van der Waals surface area contributed by atoms with Gasteiger partial charge in [0.1, 0.15) is 6.61 Å². The van der Waals surface area contributed by atoms with Gasteiger partial charge in [-0.1, -0.05) is 18.2 Å². The molecule has 2 N–H and O–H groups in total. The number of rotatable bonds is 5. The van der Waals surface area contributed by atoms with Crippen molar-refractivity contribution in [1.29, 1.82) is 5.26 Å². The van der Waals surface area contributed by atoms with Crippen LogP contribution in [0.2, 0.25) is 0 Å². The van der Waals surface area contributed by atoms with Gasteiger partial charge in [0.25, 0.3) is 0 Å². The molecule has 0 spiro atoms. The summed E-state index contributed by atoms with van der Waals surface area (Å²) in [6, 6.07) is 14.6. The van der Waals surface area contributed by atoms with Gasteiger partial charge >= 0.3 is 0 Å². The number of hydrogen-bond donors (Lipinski definition) is 2. The molecule has 0 radical (unpaired) electrons. The Balaban J connectivity index is 1.59. The van der Waals surface area contributed by atoms with E-state index < -0.39 is 0 Å². The van der Waals surface area contributed by atoms with Gasteiger partial charge in [0.2, 0.25) is 5.91 Å². The number of likely N-dealkylation sites (tertiary alicyclic amines) is 1. The largest absolute Gasteiger partial charge is 0.387 e. The van der Waals surface area contributed by atoms with Gasteiger partial charge in [-0.3, -0.25) is 4.79 Å². The Morgan fingerprint density at radius 2 is 2.10 bits per heavy atom. The summed E-state index contributed by atoms with van der Waals surface area (Å²) < 4.78 is 4.97. The van der Waals surface area contributed by atoms with Crippen LogP contribution in [0.1, 0.15) is 18.4 Å². The number of nitrogens with one attached hydrogen (secondary N) is 2. The number of carbonyl (C=O) groups is 1. The summed E-state index contributed by atoms with van der Waals surface area (Å²) in [6.45, 7) is 2.42. The number of fused-ring (bicyclic) bond motifs is 1. The number of benzene rings is 2. The average Bonchev–Trinajstić information content (AvgIpc) is 2.79. The molecule has 1 saturated heterocycles. The van der Waals surface area contributed by atoms with Gasteiger partial charge in [0.05, 0.1) is 11.6 Å². The normalized spacial score (nSPS) is 15.8. The molecule has 6 nitrogen and oxygen atoms in total. The van der Waals surface area contributed by atoms with Crippen molar-refractivity contribution in [2.45, 2.75) is 18.9 Å². The predicted octanol–water partition coefficient (Wildman–Crippen LogP) is 1.40. The Bertz CT molecular complexity index is 1100. The molecule has 2 aliphatic rings. The molecule has 30 heavy (non-hydrogen) atoms. The van der Waals surface area contributed by atoms with Crippen LogP contribution in [-0.2, 0) is 9.53 Å². The van der Waals surface area contributed by atoms with Crippen molar-refractivity contribution < 1.29 is 9.53 Å². The van der Waals surface area contributed by atoms with E-state index in [1.807, 2.05) is 29.2 Å². The fraction of sp³-hybridized carbons (Fsp3) is 0.333. The highest BCUT2D eigenvalue weighted by Gasteiger charge is 2.23. The Morgan fingerprint density at radius 3 is 2.87 bits per heavy atom. The van der Waals surface area contributed by atoms with Gasteiger partial charge in [-0.15, -0.1) is 0 Å². The number of nitrogens with zero attached hydrogens (tertiary/aromatic N) is 2. The van der Waals surface area contributed by atoms with Gasteiger partial charge in [0.15, 0.2) is 0 Å². The molecular formula is C24H26N4O2. The molecule has 154 valence electrons. The first kappa shape index (κ1) is 20.0. The van der Waals surface area contributed by atoms with Crippen molar-refractivity contribution >= 4 is 23.9 Å². The first-order chi connectivity index (χ1) is 14.7. The van der Waals surface area contributed by atoms with E-state index in [0.717, 1.165) is 54.5 Å². The van der Waals surface area contributed by atoms with E-state index in [1.165, 1.54) is 5.22 Å². The van der Waals surface area contributed by atoms with E-state index in [0.29, 0.717) is 11.6 Å². The molecule has 2 aromatic carbocycles. The van der Waals surface area contributed by atoms with E-state index in [-0.39, 0.29) is 12.5 Å². The van der Waals surface area contributed by atoms with Gasteiger partial charge in [0, 0.05) is 49.9 Å². The highest BCUT2D eigenvalue weighted by Crippen LogP contribution is 2.22. The third kappa shape index (κ3) is 4.32. The molecule has 0 atom stereocenters. The fourth-order valence-electron chi connectivity index (χ4n) is 4.10. The molecular weight excluding hydrogens is 376 g/mol. The Labute approximate surface area is 176 Å². The maximum atomic E-state index is 12.0. The molecule has 0 unspecified atom stereocenters. The fourth-order valence-corrected chi connectivity index (χ4v) is 4.10. The highest BCUT2D eigenvalue weighted by atomic mass is 16.5. The zero-order valence-corrected chi connectivity index (χ0v) is 17.1. The first-order valence-corrected chi connectivity index (χ1v) is 10.3. The Hall–Kier alpha value is -3.30. The zero-order chi connectivity index (χ0) is 20.9. The predicted molar refractivity (Wildman–Crippen MR) is 118 cm³/mol. The van der Waals surface area contributed by atoms with Gasteiger partial charge < -0.3 is 20.3 Å². The molecule has 4 rings (SSSR count). The van der Waals surface area contributed by atoms with Crippen LogP contribution in [0, 0.1) is 11.3 Å².